The second-order valence-corrected chi connectivity index (χ2v) is 6.09. The van der Waals surface area contributed by atoms with E-state index in [-0.39, 0.29) is 17.6 Å². The number of anilines is 1. The molecule has 3 rings (SSSR count). The van der Waals surface area contributed by atoms with Crippen LogP contribution in [0.4, 0.5) is 10.1 Å². The highest BCUT2D eigenvalue weighted by Crippen LogP contribution is 2.40. The van der Waals surface area contributed by atoms with E-state index in [1.165, 1.54) is 12.1 Å². The summed E-state index contributed by atoms with van der Waals surface area (Å²) >= 11 is 3.46. The molecule has 2 aromatic carbocycles. The Bertz CT molecular complexity index is 701. The predicted molar refractivity (Wildman–Crippen MR) is 85.0 cm³/mol. The number of rotatable bonds is 3. The largest absolute Gasteiger partial charge is 0.312 e. The number of carbonyl (C=O) groups is 1. The number of amides is 1. The smallest absolute Gasteiger partial charge is 0.234 e. The Kier molecular flexibility index (Phi) is 3.81. The van der Waals surface area contributed by atoms with Crippen molar-refractivity contribution >= 4 is 27.5 Å². The monoisotopic (exact) mass is 347 g/mol. The van der Waals surface area contributed by atoms with E-state index in [1.54, 1.807) is 11.0 Å². The molecule has 0 bridgehead atoms. The van der Waals surface area contributed by atoms with Gasteiger partial charge in [0.1, 0.15) is 5.82 Å². The van der Waals surface area contributed by atoms with Crippen LogP contribution in [0.5, 0.6) is 0 Å². The van der Waals surface area contributed by atoms with Crippen LogP contribution in [-0.2, 0) is 11.2 Å². The Labute approximate surface area is 131 Å². The maximum Gasteiger partial charge on any atom is 0.234 e. The summed E-state index contributed by atoms with van der Waals surface area (Å²) in [6, 6.07) is 12.4. The standard InChI is InChI=1S/C17H15BrFNO/c1-2-20-16-7-6-12(18)10-14(16)15(17(20)21)9-11-4-3-5-13(19)8-11/h3-8,10,15H,2,9H2,1H3. The highest BCUT2D eigenvalue weighted by molar-refractivity contribution is 9.10. The van der Waals surface area contributed by atoms with Crippen molar-refractivity contribution in [2.75, 3.05) is 11.4 Å². The first-order valence-corrected chi connectivity index (χ1v) is 7.74. The van der Waals surface area contributed by atoms with Gasteiger partial charge in [-0.25, -0.2) is 4.39 Å². The van der Waals surface area contributed by atoms with Gasteiger partial charge >= 0.3 is 0 Å². The molecule has 1 atom stereocenters. The molecule has 0 radical (unpaired) electrons. The molecular formula is C17H15BrFNO. The molecular weight excluding hydrogens is 333 g/mol. The third-order valence-electron chi connectivity index (χ3n) is 3.86. The summed E-state index contributed by atoms with van der Waals surface area (Å²) in [5.41, 5.74) is 2.82. The van der Waals surface area contributed by atoms with Gasteiger partial charge in [0.2, 0.25) is 5.91 Å². The Balaban J connectivity index is 1.99. The molecule has 1 amide bonds. The van der Waals surface area contributed by atoms with Gasteiger partial charge in [-0.05, 0) is 54.8 Å². The van der Waals surface area contributed by atoms with Crippen molar-refractivity contribution in [1.82, 2.24) is 0 Å². The molecule has 0 N–H and O–H groups in total. The van der Waals surface area contributed by atoms with Crippen molar-refractivity contribution < 1.29 is 9.18 Å². The first kappa shape index (κ1) is 14.3. The van der Waals surface area contributed by atoms with Gasteiger partial charge in [-0.2, -0.15) is 0 Å². The van der Waals surface area contributed by atoms with Crippen LogP contribution in [0.25, 0.3) is 0 Å². The van der Waals surface area contributed by atoms with Gasteiger partial charge in [-0.3, -0.25) is 4.79 Å². The SMILES string of the molecule is CCN1C(=O)C(Cc2cccc(F)c2)c2cc(Br)ccc21. The van der Waals surface area contributed by atoms with Crippen molar-refractivity contribution in [3.05, 3.63) is 63.9 Å². The molecule has 0 aromatic heterocycles. The van der Waals surface area contributed by atoms with Gasteiger partial charge < -0.3 is 4.90 Å². The third-order valence-corrected chi connectivity index (χ3v) is 4.36. The van der Waals surface area contributed by atoms with E-state index < -0.39 is 0 Å². The number of fused-ring (bicyclic) bond motifs is 1. The van der Waals surface area contributed by atoms with Crippen LogP contribution in [0.1, 0.15) is 24.0 Å². The quantitative estimate of drug-likeness (QED) is 0.811. The van der Waals surface area contributed by atoms with Crippen molar-refractivity contribution in [3.63, 3.8) is 0 Å². The van der Waals surface area contributed by atoms with Gasteiger partial charge in [-0.1, -0.05) is 28.1 Å². The lowest BCUT2D eigenvalue weighted by Gasteiger charge is -2.15. The molecule has 2 nitrogen and oxygen atoms in total. The number of likely N-dealkylation sites (N-methyl/N-ethyl adjacent to an activating group) is 1. The molecule has 21 heavy (non-hydrogen) atoms. The van der Waals surface area contributed by atoms with E-state index in [4.69, 9.17) is 0 Å². The fraction of sp³-hybridized carbons (Fsp3) is 0.235. The minimum atomic E-state index is -0.264. The molecule has 1 heterocycles. The van der Waals surface area contributed by atoms with E-state index in [2.05, 4.69) is 15.9 Å². The van der Waals surface area contributed by atoms with Crippen LogP contribution < -0.4 is 4.90 Å². The van der Waals surface area contributed by atoms with Crippen molar-refractivity contribution in [2.24, 2.45) is 0 Å². The summed E-state index contributed by atoms with van der Waals surface area (Å²) < 4.78 is 14.3. The second-order valence-electron chi connectivity index (χ2n) is 5.17. The summed E-state index contributed by atoms with van der Waals surface area (Å²) in [6.07, 6.45) is 0.524. The Morgan fingerprint density at radius 2 is 2.05 bits per heavy atom. The Morgan fingerprint density at radius 3 is 2.76 bits per heavy atom. The minimum Gasteiger partial charge on any atom is -0.312 e. The molecule has 0 saturated heterocycles. The summed E-state index contributed by atoms with van der Waals surface area (Å²) in [7, 11) is 0. The average molecular weight is 348 g/mol. The Morgan fingerprint density at radius 1 is 1.24 bits per heavy atom. The highest BCUT2D eigenvalue weighted by Gasteiger charge is 2.36. The lowest BCUT2D eigenvalue weighted by molar-refractivity contribution is -0.119. The fourth-order valence-corrected chi connectivity index (χ4v) is 3.29. The molecule has 108 valence electrons. The molecule has 0 aliphatic carbocycles. The first-order chi connectivity index (χ1) is 10.1. The van der Waals surface area contributed by atoms with Gasteiger partial charge in [0, 0.05) is 16.7 Å². The van der Waals surface area contributed by atoms with Crippen LogP contribution >= 0.6 is 15.9 Å². The van der Waals surface area contributed by atoms with Gasteiger partial charge in [-0.15, -0.1) is 0 Å². The topological polar surface area (TPSA) is 20.3 Å². The maximum atomic E-state index is 13.3. The zero-order valence-electron chi connectivity index (χ0n) is 11.6. The molecule has 1 aliphatic rings. The van der Waals surface area contributed by atoms with Gasteiger partial charge in [0.25, 0.3) is 0 Å². The predicted octanol–water partition coefficient (Wildman–Crippen LogP) is 4.28. The van der Waals surface area contributed by atoms with Crippen molar-refractivity contribution in [3.8, 4) is 0 Å². The van der Waals surface area contributed by atoms with Gasteiger partial charge in [0.15, 0.2) is 0 Å². The number of carbonyl (C=O) groups excluding carboxylic acids is 1. The van der Waals surface area contributed by atoms with E-state index in [9.17, 15) is 9.18 Å². The molecule has 4 heteroatoms. The number of nitrogens with zero attached hydrogens (tertiary/aromatic N) is 1. The summed E-state index contributed by atoms with van der Waals surface area (Å²) in [5.74, 6) is -0.408. The van der Waals surface area contributed by atoms with Crippen molar-refractivity contribution in [2.45, 2.75) is 19.3 Å². The molecule has 0 saturated carbocycles. The molecule has 0 fully saturated rings. The minimum absolute atomic E-state index is 0.0925. The zero-order chi connectivity index (χ0) is 15.0. The lowest BCUT2D eigenvalue weighted by Crippen LogP contribution is -2.29. The van der Waals surface area contributed by atoms with E-state index in [0.717, 1.165) is 21.3 Å². The number of halogens is 2. The normalized spacial score (nSPS) is 17.2. The summed E-state index contributed by atoms with van der Waals surface area (Å²) in [6.45, 7) is 2.61. The van der Waals surface area contributed by atoms with Crippen LogP contribution in [0, 0.1) is 5.82 Å². The van der Waals surface area contributed by atoms with Crippen LogP contribution in [-0.4, -0.2) is 12.5 Å². The lowest BCUT2D eigenvalue weighted by atomic mass is 9.93. The third kappa shape index (κ3) is 2.60. The maximum absolute atomic E-state index is 13.3. The zero-order valence-corrected chi connectivity index (χ0v) is 13.2. The molecule has 1 unspecified atom stereocenters. The molecule has 0 spiro atoms. The van der Waals surface area contributed by atoms with Gasteiger partial charge in [0.05, 0.1) is 5.92 Å². The highest BCUT2D eigenvalue weighted by atomic mass is 79.9. The summed E-state index contributed by atoms with van der Waals surface area (Å²) in [5, 5.41) is 0. The van der Waals surface area contributed by atoms with E-state index >= 15 is 0 Å². The molecule has 1 aliphatic heterocycles. The Hall–Kier alpha value is -1.68. The van der Waals surface area contributed by atoms with E-state index in [0.29, 0.717) is 13.0 Å². The van der Waals surface area contributed by atoms with Crippen LogP contribution in [0.3, 0.4) is 0 Å². The number of hydrogen-bond donors (Lipinski definition) is 0. The number of hydrogen-bond acceptors (Lipinski definition) is 1. The van der Waals surface area contributed by atoms with Crippen LogP contribution in [0.15, 0.2) is 46.9 Å². The fourth-order valence-electron chi connectivity index (χ4n) is 2.91. The van der Waals surface area contributed by atoms with Crippen LogP contribution in [0.2, 0.25) is 0 Å². The van der Waals surface area contributed by atoms with E-state index in [1.807, 2.05) is 31.2 Å². The first-order valence-electron chi connectivity index (χ1n) is 6.95. The second kappa shape index (κ2) is 5.60. The van der Waals surface area contributed by atoms with Crippen molar-refractivity contribution in [1.29, 1.82) is 0 Å². The molecule has 2 aromatic rings. The number of benzene rings is 2. The average Bonchev–Trinajstić information content (AvgIpc) is 2.71. The summed E-state index contributed by atoms with van der Waals surface area (Å²) in [4.78, 5) is 14.4.